The lowest BCUT2D eigenvalue weighted by Gasteiger charge is -2.32. The molecule has 2 saturated heterocycles. The Morgan fingerprint density at radius 1 is 1.00 bits per heavy atom. The number of piperidine rings is 1. The second kappa shape index (κ2) is 7.71. The van der Waals surface area contributed by atoms with Gasteiger partial charge in [-0.05, 0) is 49.9 Å². The molecule has 0 unspecified atom stereocenters. The van der Waals surface area contributed by atoms with Crippen LogP contribution in [0.2, 0.25) is 0 Å². The minimum Gasteiger partial charge on any atom is -0.348 e. The number of rotatable bonds is 3. The number of likely N-dealkylation sites (tertiary alicyclic amines) is 1. The van der Waals surface area contributed by atoms with Crippen molar-refractivity contribution in [2.45, 2.75) is 25.7 Å². The summed E-state index contributed by atoms with van der Waals surface area (Å²) in [6, 6.07) is 10.4. The monoisotopic (exact) mass is 410 g/mol. The Hall–Kier alpha value is -2.54. The standard InChI is InChI=1S/C22H23FN4OS/c23-17-6-2-1-5-16(17)18-7-8-19-20(24-18)29-22(25-19)27-13-9-15(10-14-27)21(28)26-11-3-4-12-26/h1-2,5-8,15H,3-4,9-14H2. The third-order valence-electron chi connectivity index (χ3n) is 5.93. The van der Waals surface area contributed by atoms with E-state index in [2.05, 4.69) is 9.88 Å². The maximum atomic E-state index is 14.1. The molecule has 0 atom stereocenters. The van der Waals surface area contributed by atoms with Gasteiger partial charge in [0.15, 0.2) is 5.13 Å². The second-order valence-corrected chi connectivity index (χ2v) is 8.75. The van der Waals surface area contributed by atoms with E-state index in [1.807, 2.05) is 23.1 Å². The van der Waals surface area contributed by atoms with Crippen molar-refractivity contribution in [3.05, 3.63) is 42.2 Å². The molecule has 29 heavy (non-hydrogen) atoms. The van der Waals surface area contributed by atoms with Crippen LogP contribution in [-0.2, 0) is 4.79 Å². The van der Waals surface area contributed by atoms with Gasteiger partial charge in [0.05, 0.1) is 5.69 Å². The number of amides is 1. The summed E-state index contributed by atoms with van der Waals surface area (Å²) < 4.78 is 14.1. The number of thiazole rings is 1. The summed E-state index contributed by atoms with van der Waals surface area (Å²) in [5.74, 6) is 0.209. The number of fused-ring (bicyclic) bond motifs is 1. The number of benzene rings is 1. The van der Waals surface area contributed by atoms with E-state index in [0.29, 0.717) is 17.2 Å². The molecule has 3 aromatic rings. The fourth-order valence-corrected chi connectivity index (χ4v) is 5.26. The molecule has 2 aromatic heterocycles. The zero-order valence-corrected chi connectivity index (χ0v) is 17.0. The molecule has 2 aliphatic heterocycles. The molecule has 4 heterocycles. The lowest BCUT2D eigenvalue weighted by atomic mass is 9.95. The highest BCUT2D eigenvalue weighted by atomic mass is 32.1. The van der Waals surface area contributed by atoms with Crippen LogP contribution in [0.15, 0.2) is 36.4 Å². The highest BCUT2D eigenvalue weighted by molar-refractivity contribution is 7.21. The summed E-state index contributed by atoms with van der Waals surface area (Å²) in [6.07, 6.45) is 4.02. The van der Waals surface area contributed by atoms with Crippen molar-refractivity contribution in [3.63, 3.8) is 0 Å². The summed E-state index contributed by atoms with van der Waals surface area (Å²) in [4.78, 5) is 27.1. The van der Waals surface area contributed by atoms with E-state index < -0.39 is 0 Å². The van der Waals surface area contributed by atoms with E-state index in [1.165, 1.54) is 17.4 Å². The molecule has 5 nitrogen and oxygen atoms in total. The van der Waals surface area contributed by atoms with Crippen molar-refractivity contribution in [2.24, 2.45) is 5.92 Å². The van der Waals surface area contributed by atoms with Crippen LogP contribution in [0.1, 0.15) is 25.7 Å². The molecule has 5 rings (SSSR count). The normalized spacial score (nSPS) is 18.0. The Bertz CT molecular complexity index is 1040. The molecular weight excluding hydrogens is 387 g/mol. The zero-order chi connectivity index (χ0) is 19.8. The molecule has 150 valence electrons. The fourth-order valence-electron chi connectivity index (χ4n) is 4.27. The molecule has 7 heteroatoms. The molecule has 0 N–H and O–H groups in total. The van der Waals surface area contributed by atoms with Crippen molar-refractivity contribution in [1.29, 1.82) is 0 Å². The summed E-state index contributed by atoms with van der Waals surface area (Å²) in [5, 5.41) is 0.935. The largest absolute Gasteiger partial charge is 0.348 e. The molecule has 0 saturated carbocycles. The predicted molar refractivity (Wildman–Crippen MR) is 114 cm³/mol. The molecule has 0 aliphatic carbocycles. The molecule has 0 bridgehead atoms. The molecule has 2 aliphatic rings. The van der Waals surface area contributed by atoms with Gasteiger partial charge >= 0.3 is 0 Å². The average molecular weight is 411 g/mol. The van der Waals surface area contributed by atoms with Gasteiger partial charge in [-0.15, -0.1) is 0 Å². The van der Waals surface area contributed by atoms with E-state index >= 15 is 0 Å². The SMILES string of the molecule is O=C(C1CCN(c2nc3ccc(-c4ccccc4F)nc3s2)CC1)N1CCCC1. The summed E-state index contributed by atoms with van der Waals surface area (Å²) >= 11 is 1.54. The lowest BCUT2D eigenvalue weighted by Crippen LogP contribution is -2.41. The number of hydrogen-bond donors (Lipinski definition) is 0. The van der Waals surface area contributed by atoms with Crippen molar-refractivity contribution in [2.75, 3.05) is 31.1 Å². The van der Waals surface area contributed by atoms with Crippen molar-refractivity contribution >= 4 is 32.7 Å². The average Bonchev–Trinajstić information content (AvgIpc) is 3.43. The van der Waals surface area contributed by atoms with Crippen LogP contribution in [0, 0.1) is 11.7 Å². The quantitative estimate of drug-likeness (QED) is 0.645. The van der Waals surface area contributed by atoms with Crippen LogP contribution in [0.5, 0.6) is 0 Å². The summed E-state index contributed by atoms with van der Waals surface area (Å²) in [5.41, 5.74) is 1.96. The predicted octanol–water partition coefficient (Wildman–Crippen LogP) is 4.34. The Kier molecular flexibility index (Phi) is 4.91. The molecule has 1 amide bonds. The molecule has 2 fully saturated rings. The van der Waals surface area contributed by atoms with Crippen LogP contribution in [0.3, 0.4) is 0 Å². The third kappa shape index (κ3) is 3.59. The van der Waals surface area contributed by atoms with E-state index in [1.54, 1.807) is 12.1 Å². The van der Waals surface area contributed by atoms with Crippen LogP contribution in [0.25, 0.3) is 21.6 Å². The number of hydrogen-bond acceptors (Lipinski definition) is 5. The number of anilines is 1. The first-order valence-electron chi connectivity index (χ1n) is 10.3. The fraction of sp³-hybridized carbons (Fsp3) is 0.409. The van der Waals surface area contributed by atoms with Gasteiger partial charge in [-0.3, -0.25) is 4.79 Å². The number of carbonyl (C=O) groups excluding carboxylic acids is 1. The van der Waals surface area contributed by atoms with Gasteiger partial charge < -0.3 is 9.80 Å². The molecular formula is C22H23FN4OS. The van der Waals surface area contributed by atoms with Gasteiger partial charge in [0.1, 0.15) is 16.2 Å². The molecule has 0 radical (unpaired) electrons. The third-order valence-corrected chi connectivity index (χ3v) is 6.95. The molecule has 0 spiro atoms. The number of halogens is 1. The van der Waals surface area contributed by atoms with Gasteiger partial charge in [0.2, 0.25) is 5.91 Å². The van der Waals surface area contributed by atoms with Gasteiger partial charge in [-0.1, -0.05) is 23.5 Å². The maximum absolute atomic E-state index is 14.1. The molecule has 1 aromatic carbocycles. The lowest BCUT2D eigenvalue weighted by molar-refractivity contribution is -0.135. The minimum absolute atomic E-state index is 0.143. The number of pyridine rings is 1. The first kappa shape index (κ1) is 18.5. The Morgan fingerprint density at radius 2 is 1.76 bits per heavy atom. The summed E-state index contributed by atoms with van der Waals surface area (Å²) in [6.45, 7) is 3.52. The van der Waals surface area contributed by atoms with Gasteiger partial charge in [0.25, 0.3) is 0 Å². The highest BCUT2D eigenvalue weighted by Gasteiger charge is 2.30. The smallest absolute Gasteiger partial charge is 0.225 e. The number of carbonyl (C=O) groups is 1. The van der Waals surface area contributed by atoms with Gasteiger partial charge in [-0.2, -0.15) is 0 Å². The second-order valence-electron chi connectivity index (χ2n) is 7.79. The van der Waals surface area contributed by atoms with E-state index in [-0.39, 0.29) is 11.7 Å². The Labute approximate surface area is 173 Å². The van der Waals surface area contributed by atoms with Gasteiger partial charge in [-0.25, -0.2) is 14.4 Å². The van der Waals surface area contributed by atoms with Crippen LogP contribution in [-0.4, -0.2) is 47.0 Å². The highest BCUT2D eigenvalue weighted by Crippen LogP contribution is 2.33. The maximum Gasteiger partial charge on any atom is 0.225 e. The number of aromatic nitrogens is 2. The number of nitrogens with zero attached hydrogens (tertiary/aromatic N) is 4. The Balaban J connectivity index is 1.31. The van der Waals surface area contributed by atoms with Crippen LogP contribution in [0.4, 0.5) is 9.52 Å². The van der Waals surface area contributed by atoms with Gasteiger partial charge in [0, 0.05) is 37.7 Å². The zero-order valence-electron chi connectivity index (χ0n) is 16.2. The first-order chi connectivity index (χ1) is 14.2. The van der Waals surface area contributed by atoms with Crippen molar-refractivity contribution < 1.29 is 9.18 Å². The van der Waals surface area contributed by atoms with E-state index in [9.17, 15) is 9.18 Å². The Morgan fingerprint density at radius 3 is 2.52 bits per heavy atom. The van der Waals surface area contributed by atoms with Crippen molar-refractivity contribution in [3.8, 4) is 11.3 Å². The van der Waals surface area contributed by atoms with E-state index in [0.717, 1.165) is 67.3 Å². The topological polar surface area (TPSA) is 49.3 Å². The van der Waals surface area contributed by atoms with Crippen LogP contribution < -0.4 is 4.90 Å². The first-order valence-corrected chi connectivity index (χ1v) is 11.1. The summed E-state index contributed by atoms with van der Waals surface area (Å²) in [7, 11) is 0. The van der Waals surface area contributed by atoms with Crippen LogP contribution >= 0.6 is 11.3 Å². The minimum atomic E-state index is -0.270. The van der Waals surface area contributed by atoms with E-state index in [4.69, 9.17) is 4.98 Å². The van der Waals surface area contributed by atoms with Crippen molar-refractivity contribution in [1.82, 2.24) is 14.9 Å².